The molecule has 1 amide bonds. The third kappa shape index (κ3) is 3.28. The molecule has 1 aromatic carbocycles. The molecule has 1 unspecified atom stereocenters. The number of thioether (sulfide) groups is 1. The molecule has 1 atom stereocenters. The summed E-state index contributed by atoms with van der Waals surface area (Å²) in [7, 11) is 0. The third-order valence-corrected chi connectivity index (χ3v) is 4.58. The van der Waals surface area contributed by atoms with E-state index in [2.05, 4.69) is 19.2 Å². The summed E-state index contributed by atoms with van der Waals surface area (Å²) in [6, 6.07) is 6.41. The van der Waals surface area contributed by atoms with Crippen LogP contribution in [-0.2, 0) is 4.79 Å². The molecule has 2 rings (SSSR count). The van der Waals surface area contributed by atoms with Gasteiger partial charge in [-0.2, -0.15) is 11.8 Å². The van der Waals surface area contributed by atoms with E-state index in [0.29, 0.717) is 13.1 Å². The van der Waals surface area contributed by atoms with Crippen molar-refractivity contribution in [3.63, 3.8) is 0 Å². The Morgan fingerprint density at radius 2 is 2.26 bits per heavy atom. The summed E-state index contributed by atoms with van der Waals surface area (Å²) >= 11 is 1.72. The Bertz CT molecular complexity index is 478. The normalized spacial score (nSPS) is 20.1. The molecular formula is C14H19FN2OS. The number of amides is 1. The van der Waals surface area contributed by atoms with E-state index in [1.54, 1.807) is 22.7 Å². The van der Waals surface area contributed by atoms with Crippen LogP contribution in [-0.4, -0.2) is 34.9 Å². The minimum absolute atomic E-state index is 0.0206. The van der Waals surface area contributed by atoms with Crippen molar-refractivity contribution >= 4 is 17.7 Å². The number of benzene rings is 1. The number of nitrogens with zero attached hydrogens (tertiary/aromatic N) is 1. The standard InChI is InChI=1S/C14H19FN2OS/c1-14(2,19-3)9-17-12(18)8-16-13(17)10-5-4-6-11(15)7-10/h4-7,13,16H,8-9H2,1-3H3. The summed E-state index contributed by atoms with van der Waals surface area (Å²) in [6.45, 7) is 5.16. The molecule has 0 saturated carbocycles. The average molecular weight is 282 g/mol. The number of carbonyl (C=O) groups excluding carboxylic acids is 1. The van der Waals surface area contributed by atoms with Gasteiger partial charge in [-0.05, 0) is 37.8 Å². The van der Waals surface area contributed by atoms with Crippen molar-refractivity contribution in [2.75, 3.05) is 19.3 Å². The number of halogens is 1. The summed E-state index contributed by atoms with van der Waals surface area (Å²) < 4.78 is 13.3. The Balaban J connectivity index is 2.22. The van der Waals surface area contributed by atoms with Crippen LogP contribution in [0, 0.1) is 5.82 Å². The van der Waals surface area contributed by atoms with E-state index >= 15 is 0 Å². The SMILES string of the molecule is CSC(C)(C)CN1C(=O)CNC1c1cccc(F)c1. The molecule has 0 spiro atoms. The number of carbonyl (C=O) groups is 1. The number of hydrogen-bond donors (Lipinski definition) is 1. The van der Waals surface area contributed by atoms with Crippen molar-refractivity contribution < 1.29 is 9.18 Å². The van der Waals surface area contributed by atoms with Crippen molar-refractivity contribution in [3.05, 3.63) is 35.6 Å². The molecule has 1 fully saturated rings. The maximum Gasteiger partial charge on any atom is 0.238 e. The Morgan fingerprint density at radius 1 is 1.53 bits per heavy atom. The van der Waals surface area contributed by atoms with Crippen molar-refractivity contribution in [2.45, 2.75) is 24.8 Å². The topological polar surface area (TPSA) is 32.3 Å². The van der Waals surface area contributed by atoms with Gasteiger partial charge in [0.25, 0.3) is 0 Å². The van der Waals surface area contributed by atoms with Crippen LogP contribution in [0.3, 0.4) is 0 Å². The minimum Gasteiger partial charge on any atom is -0.320 e. The zero-order valence-electron chi connectivity index (χ0n) is 11.4. The monoisotopic (exact) mass is 282 g/mol. The highest BCUT2D eigenvalue weighted by molar-refractivity contribution is 7.99. The summed E-state index contributed by atoms with van der Waals surface area (Å²) in [4.78, 5) is 13.8. The number of rotatable bonds is 4. The van der Waals surface area contributed by atoms with E-state index in [-0.39, 0.29) is 22.6 Å². The molecule has 19 heavy (non-hydrogen) atoms. The number of nitrogens with one attached hydrogen (secondary N) is 1. The fraction of sp³-hybridized carbons (Fsp3) is 0.500. The molecule has 1 aliphatic heterocycles. The van der Waals surface area contributed by atoms with Gasteiger partial charge in [0, 0.05) is 11.3 Å². The highest BCUT2D eigenvalue weighted by Gasteiger charge is 2.35. The average Bonchev–Trinajstić information content (AvgIpc) is 2.71. The quantitative estimate of drug-likeness (QED) is 0.920. The fourth-order valence-corrected chi connectivity index (χ4v) is 2.44. The lowest BCUT2D eigenvalue weighted by molar-refractivity contribution is -0.128. The van der Waals surface area contributed by atoms with Crippen molar-refractivity contribution in [1.29, 1.82) is 0 Å². The van der Waals surface area contributed by atoms with Crippen molar-refractivity contribution in [1.82, 2.24) is 10.2 Å². The van der Waals surface area contributed by atoms with Gasteiger partial charge < -0.3 is 4.90 Å². The summed E-state index contributed by atoms with van der Waals surface area (Å²) in [6.07, 6.45) is 1.81. The molecule has 1 heterocycles. The van der Waals surface area contributed by atoms with E-state index in [1.807, 2.05) is 12.3 Å². The molecule has 104 valence electrons. The Morgan fingerprint density at radius 3 is 2.89 bits per heavy atom. The predicted octanol–water partition coefficient (Wildman–Crippen LogP) is 2.40. The molecule has 1 aliphatic rings. The summed E-state index contributed by atoms with van der Waals surface area (Å²) in [5.74, 6) is -0.209. The lowest BCUT2D eigenvalue weighted by Gasteiger charge is -2.32. The van der Waals surface area contributed by atoms with Crippen LogP contribution in [0.4, 0.5) is 4.39 Å². The highest BCUT2D eigenvalue weighted by Crippen LogP contribution is 2.29. The van der Waals surface area contributed by atoms with E-state index in [4.69, 9.17) is 0 Å². The van der Waals surface area contributed by atoms with Gasteiger partial charge >= 0.3 is 0 Å². The molecule has 1 saturated heterocycles. The lowest BCUT2D eigenvalue weighted by Crippen LogP contribution is -2.40. The first-order chi connectivity index (χ1) is 8.93. The van der Waals surface area contributed by atoms with Gasteiger partial charge in [-0.25, -0.2) is 4.39 Å². The largest absolute Gasteiger partial charge is 0.320 e. The molecule has 1 aromatic rings. The van der Waals surface area contributed by atoms with Gasteiger partial charge in [-0.3, -0.25) is 10.1 Å². The van der Waals surface area contributed by atoms with Gasteiger partial charge in [0.15, 0.2) is 0 Å². The van der Waals surface area contributed by atoms with Crippen LogP contribution in [0.25, 0.3) is 0 Å². The van der Waals surface area contributed by atoms with E-state index in [1.165, 1.54) is 12.1 Å². The van der Waals surface area contributed by atoms with E-state index in [0.717, 1.165) is 5.56 Å². The van der Waals surface area contributed by atoms with Crippen molar-refractivity contribution in [3.8, 4) is 0 Å². The smallest absolute Gasteiger partial charge is 0.238 e. The minimum atomic E-state index is -0.275. The molecule has 3 nitrogen and oxygen atoms in total. The molecule has 1 N–H and O–H groups in total. The predicted molar refractivity (Wildman–Crippen MR) is 76.5 cm³/mol. The zero-order valence-corrected chi connectivity index (χ0v) is 12.3. The molecule has 0 aromatic heterocycles. The second-order valence-electron chi connectivity index (χ2n) is 5.32. The first-order valence-corrected chi connectivity index (χ1v) is 7.49. The fourth-order valence-electron chi connectivity index (χ4n) is 2.17. The lowest BCUT2D eigenvalue weighted by atomic mass is 10.1. The van der Waals surface area contributed by atoms with E-state index in [9.17, 15) is 9.18 Å². The summed E-state index contributed by atoms with van der Waals surface area (Å²) in [5, 5.41) is 3.15. The van der Waals surface area contributed by atoms with Crippen LogP contribution < -0.4 is 5.32 Å². The van der Waals surface area contributed by atoms with Crippen LogP contribution in [0.5, 0.6) is 0 Å². The van der Waals surface area contributed by atoms with Crippen LogP contribution in [0.15, 0.2) is 24.3 Å². The Labute approximate surface area is 117 Å². The third-order valence-electron chi connectivity index (χ3n) is 3.35. The number of hydrogen-bond acceptors (Lipinski definition) is 3. The first kappa shape index (κ1) is 14.3. The molecule has 0 bridgehead atoms. The van der Waals surface area contributed by atoms with Crippen molar-refractivity contribution in [2.24, 2.45) is 0 Å². The van der Waals surface area contributed by atoms with Gasteiger partial charge in [-0.1, -0.05) is 12.1 Å². The highest BCUT2D eigenvalue weighted by atomic mass is 32.2. The second-order valence-corrected chi connectivity index (χ2v) is 6.84. The van der Waals surface area contributed by atoms with Crippen LogP contribution >= 0.6 is 11.8 Å². The van der Waals surface area contributed by atoms with Crippen LogP contribution in [0.1, 0.15) is 25.6 Å². The summed E-state index contributed by atoms with van der Waals surface area (Å²) in [5.41, 5.74) is 0.794. The first-order valence-electron chi connectivity index (χ1n) is 6.26. The van der Waals surface area contributed by atoms with Gasteiger partial charge in [0.05, 0.1) is 6.54 Å². The van der Waals surface area contributed by atoms with Gasteiger partial charge in [-0.15, -0.1) is 0 Å². The second kappa shape index (κ2) is 5.51. The Kier molecular flexibility index (Phi) is 4.16. The zero-order chi connectivity index (χ0) is 14.0. The molecule has 5 heteroatoms. The van der Waals surface area contributed by atoms with Gasteiger partial charge in [0.1, 0.15) is 12.0 Å². The maximum absolute atomic E-state index is 13.3. The van der Waals surface area contributed by atoms with Gasteiger partial charge in [0.2, 0.25) is 5.91 Å². The molecule has 0 radical (unpaired) electrons. The maximum atomic E-state index is 13.3. The molecule has 0 aliphatic carbocycles. The Hall–Kier alpha value is -1.07. The van der Waals surface area contributed by atoms with Crippen LogP contribution in [0.2, 0.25) is 0 Å². The molecular weight excluding hydrogens is 263 g/mol. The van der Waals surface area contributed by atoms with E-state index < -0.39 is 0 Å².